The molecule has 7 heteroatoms. The van der Waals surface area contributed by atoms with Crippen LogP contribution in [-0.4, -0.2) is 23.0 Å². The van der Waals surface area contributed by atoms with Crippen LogP contribution in [0.15, 0.2) is 78.9 Å². The van der Waals surface area contributed by atoms with Crippen LogP contribution in [0, 0.1) is 0 Å². The first-order valence-corrected chi connectivity index (χ1v) is 10.6. The summed E-state index contributed by atoms with van der Waals surface area (Å²) in [5.41, 5.74) is 2.29. The van der Waals surface area contributed by atoms with E-state index >= 15 is 0 Å². The average molecular weight is 448 g/mol. The molecule has 3 N–H and O–H groups in total. The molecule has 0 unspecified atom stereocenters. The van der Waals surface area contributed by atoms with Crippen molar-refractivity contribution in [2.75, 3.05) is 5.32 Å². The summed E-state index contributed by atoms with van der Waals surface area (Å²) >= 11 is 5.32. The summed E-state index contributed by atoms with van der Waals surface area (Å²) < 4.78 is 5.70. The normalized spacial score (nSPS) is 10.3. The molecule has 3 aromatic carbocycles. The lowest BCUT2D eigenvalue weighted by Crippen LogP contribution is -2.35. The van der Waals surface area contributed by atoms with Crippen molar-refractivity contribution >= 4 is 34.8 Å². The van der Waals surface area contributed by atoms with Crippen molar-refractivity contribution in [2.24, 2.45) is 0 Å². The molecule has 0 fully saturated rings. The lowest BCUT2D eigenvalue weighted by atomic mass is 10.1. The fourth-order valence-corrected chi connectivity index (χ4v) is 3.20. The first kappa shape index (κ1) is 23.0. The number of benzene rings is 3. The van der Waals surface area contributed by atoms with Crippen LogP contribution < -0.4 is 20.7 Å². The monoisotopic (exact) mass is 447 g/mol. The highest BCUT2D eigenvalue weighted by atomic mass is 32.1. The van der Waals surface area contributed by atoms with Crippen LogP contribution >= 0.6 is 12.2 Å². The molecule has 0 radical (unpaired) electrons. The van der Waals surface area contributed by atoms with Gasteiger partial charge in [-0.15, -0.1) is 0 Å². The van der Waals surface area contributed by atoms with Crippen molar-refractivity contribution in [3.63, 3.8) is 0 Å². The Kier molecular flexibility index (Phi) is 7.94. The van der Waals surface area contributed by atoms with E-state index < -0.39 is 5.91 Å². The summed E-state index contributed by atoms with van der Waals surface area (Å²) in [6.07, 6.45) is -0.0738. The van der Waals surface area contributed by atoms with Gasteiger partial charge in [0.1, 0.15) is 5.75 Å². The van der Waals surface area contributed by atoms with E-state index in [2.05, 4.69) is 16.0 Å². The summed E-state index contributed by atoms with van der Waals surface area (Å²) in [6.45, 7) is 4.18. The lowest BCUT2D eigenvalue weighted by molar-refractivity contribution is 0.0949. The average Bonchev–Trinajstić information content (AvgIpc) is 2.78. The van der Waals surface area contributed by atoms with Crippen molar-refractivity contribution in [1.82, 2.24) is 10.6 Å². The number of amides is 2. The molecule has 0 saturated heterocycles. The quantitative estimate of drug-likeness (QED) is 0.464. The minimum atomic E-state index is -0.398. The van der Waals surface area contributed by atoms with Crippen LogP contribution in [0.1, 0.15) is 40.1 Å². The van der Waals surface area contributed by atoms with Gasteiger partial charge in [0.2, 0.25) is 0 Å². The predicted octanol–water partition coefficient (Wildman–Crippen LogP) is 4.53. The molecule has 3 rings (SSSR count). The molecule has 0 bridgehead atoms. The van der Waals surface area contributed by atoms with Crippen LogP contribution in [0.25, 0.3) is 0 Å². The molecule has 0 aliphatic carbocycles. The number of rotatable bonds is 7. The minimum absolute atomic E-state index is 0.0738. The van der Waals surface area contributed by atoms with Crippen molar-refractivity contribution in [1.29, 1.82) is 0 Å². The van der Waals surface area contributed by atoms with Crippen LogP contribution in [0.4, 0.5) is 5.69 Å². The van der Waals surface area contributed by atoms with Gasteiger partial charge in [0.25, 0.3) is 11.8 Å². The summed E-state index contributed by atoms with van der Waals surface area (Å²) in [5.74, 6) is -0.171. The fourth-order valence-electron chi connectivity index (χ4n) is 3.00. The van der Waals surface area contributed by atoms with E-state index in [-0.39, 0.29) is 17.1 Å². The standard InChI is InChI=1S/C25H25N3O3S/c1-17(2)31-22-15-9-7-13-20(22)24(30)28-25(32)27-21-14-8-6-12-19(21)23(29)26-16-18-10-4-3-5-11-18/h3-15,17H,16H2,1-2H3,(H,26,29)(H2,27,28,30,32). The number of carbonyl (C=O) groups is 2. The highest BCUT2D eigenvalue weighted by Gasteiger charge is 2.16. The largest absolute Gasteiger partial charge is 0.490 e. The molecule has 164 valence electrons. The molecule has 0 atom stereocenters. The molecule has 6 nitrogen and oxygen atoms in total. The second kappa shape index (κ2) is 11.1. The van der Waals surface area contributed by atoms with Crippen molar-refractivity contribution in [3.05, 3.63) is 95.6 Å². The maximum absolute atomic E-state index is 12.7. The van der Waals surface area contributed by atoms with Gasteiger partial charge in [-0.2, -0.15) is 0 Å². The number of nitrogens with one attached hydrogen (secondary N) is 3. The zero-order valence-electron chi connectivity index (χ0n) is 17.9. The molecule has 3 aromatic rings. The molecule has 0 aliphatic heterocycles. The molecule has 32 heavy (non-hydrogen) atoms. The van der Waals surface area contributed by atoms with Gasteiger partial charge in [0.05, 0.1) is 22.9 Å². The number of thiocarbonyl (C=S) groups is 1. The first-order valence-electron chi connectivity index (χ1n) is 10.2. The molecular weight excluding hydrogens is 422 g/mol. The van der Waals surface area contributed by atoms with E-state index in [9.17, 15) is 9.59 Å². The van der Waals surface area contributed by atoms with Crippen molar-refractivity contribution in [3.8, 4) is 5.75 Å². The maximum atomic E-state index is 12.7. The lowest BCUT2D eigenvalue weighted by Gasteiger charge is -2.16. The fraction of sp³-hybridized carbons (Fsp3) is 0.160. The summed E-state index contributed by atoms with van der Waals surface area (Å²) in [4.78, 5) is 25.4. The van der Waals surface area contributed by atoms with E-state index in [1.807, 2.05) is 44.2 Å². The third-order valence-corrected chi connectivity index (χ3v) is 4.64. The zero-order valence-corrected chi connectivity index (χ0v) is 18.7. The SMILES string of the molecule is CC(C)Oc1ccccc1C(=O)NC(=S)Nc1ccccc1C(=O)NCc1ccccc1. The third kappa shape index (κ3) is 6.39. The van der Waals surface area contributed by atoms with E-state index in [0.717, 1.165) is 5.56 Å². The zero-order chi connectivity index (χ0) is 22.9. The van der Waals surface area contributed by atoms with Crippen LogP contribution in [0.3, 0.4) is 0 Å². The smallest absolute Gasteiger partial charge is 0.261 e. The van der Waals surface area contributed by atoms with Crippen LogP contribution in [-0.2, 0) is 6.54 Å². The van der Waals surface area contributed by atoms with Gasteiger partial charge in [0, 0.05) is 6.54 Å². The molecule has 0 spiro atoms. The molecule has 0 saturated carbocycles. The van der Waals surface area contributed by atoms with Crippen LogP contribution in [0.2, 0.25) is 0 Å². The Morgan fingerprint density at radius 2 is 1.47 bits per heavy atom. The summed E-state index contributed by atoms with van der Waals surface area (Å²) in [5, 5.41) is 8.58. The van der Waals surface area contributed by atoms with Crippen molar-refractivity contribution < 1.29 is 14.3 Å². The highest BCUT2D eigenvalue weighted by molar-refractivity contribution is 7.80. The second-order valence-electron chi connectivity index (χ2n) is 7.28. The number of hydrogen-bond donors (Lipinski definition) is 3. The minimum Gasteiger partial charge on any atom is -0.490 e. The van der Waals surface area contributed by atoms with E-state index in [1.165, 1.54) is 0 Å². The number of carbonyl (C=O) groups excluding carboxylic acids is 2. The Balaban J connectivity index is 1.66. The summed E-state index contributed by atoms with van der Waals surface area (Å²) in [6, 6.07) is 23.6. The maximum Gasteiger partial charge on any atom is 0.261 e. The Bertz CT molecular complexity index is 1100. The topological polar surface area (TPSA) is 79.5 Å². The van der Waals surface area contributed by atoms with Gasteiger partial charge < -0.3 is 15.4 Å². The van der Waals surface area contributed by atoms with Crippen molar-refractivity contribution in [2.45, 2.75) is 26.5 Å². The van der Waals surface area contributed by atoms with Gasteiger partial charge in [0.15, 0.2) is 5.11 Å². The Labute approximate surface area is 193 Å². The van der Waals surface area contributed by atoms with E-state index in [1.54, 1.807) is 48.5 Å². The molecule has 0 aromatic heterocycles. The van der Waals surface area contributed by atoms with E-state index in [0.29, 0.717) is 29.1 Å². The Hall–Kier alpha value is -3.71. The van der Waals surface area contributed by atoms with Gasteiger partial charge in [-0.1, -0.05) is 54.6 Å². The van der Waals surface area contributed by atoms with Gasteiger partial charge in [-0.25, -0.2) is 0 Å². The number of anilines is 1. The van der Waals surface area contributed by atoms with E-state index in [4.69, 9.17) is 17.0 Å². The predicted molar refractivity (Wildman–Crippen MR) is 130 cm³/mol. The highest BCUT2D eigenvalue weighted by Crippen LogP contribution is 2.20. The third-order valence-electron chi connectivity index (χ3n) is 4.44. The number of para-hydroxylation sites is 2. The molecular formula is C25H25N3O3S. The van der Waals surface area contributed by atoms with Gasteiger partial charge in [-0.05, 0) is 55.9 Å². The number of ether oxygens (including phenoxy) is 1. The first-order chi connectivity index (χ1) is 15.4. The summed E-state index contributed by atoms with van der Waals surface area (Å²) in [7, 11) is 0. The van der Waals surface area contributed by atoms with Crippen LogP contribution in [0.5, 0.6) is 5.75 Å². The Morgan fingerprint density at radius 3 is 2.19 bits per heavy atom. The Morgan fingerprint density at radius 1 is 0.844 bits per heavy atom. The molecule has 2 amide bonds. The molecule has 0 heterocycles. The van der Waals surface area contributed by atoms with Gasteiger partial charge >= 0.3 is 0 Å². The second-order valence-corrected chi connectivity index (χ2v) is 7.69. The number of hydrogen-bond acceptors (Lipinski definition) is 4. The van der Waals surface area contributed by atoms with Gasteiger partial charge in [-0.3, -0.25) is 14.9 Å². The molecule has 0 aliphatic rings.